The monoisotopic (exact) mass is 464 g/mol. The predicted molar refractivity (Wildman–Crippen MR) is 145 cm³/mol. The maximum atomic E-state index is 4.84. The van der Waals surface area contributed by atoms with Gasteiger partial charge < -0.3 is 9.97 Å². The standard InChI is InChI=1S/C30H20N6/c1-3-13-31-25(5-1)29-27-17-23-11-9-21(34-23)15-19-7-8-20(33-19)16-22-10-12-24(35-22)18-28(36-27)30(29)26-6-2-4-14-32-26/h1-18,33,36H. The highest BCUT2D eigenvalue weighted by atomic mass is 14.8. The van der Waals surface area contributed by atoms with Gasteiger partial charge in [0.05, 0.1) is 45.2 Å². The minimum atomic E-state index is 0.859. The Bertz CT molecular complexity index is 1690. The van der Waals surface area contributed by atoms with Crippen LogP contribution in [0.25, 0.3) is 68.9 Å². The number of H-pyrrole nitrogens is 2. The van der Waals surface area contributed by atoms with Crippen LogP contribution in [-0.4, -0.2) is 29.9 Å². The van der Waals surface area contributed by atoms with Crippen LogP contribution >= 0.6 is 0 Å². The first kappa shape index (κ1) is 20.3. The molecule has 2 N–H and O–H groups in total. The van der Waals surface area contributed by atoms with Gasteiger partial charge in [0.15, 0.2) is 0 Å². The van der Waals surface area contributed by atoms with Crippen LogP contribution in [0.3, 0.4) is 0 Å². The van der Waals surface area contributed by atoms with Gasteiger partial charge in [0.2, 0.25) is 0 Å². The molecule has 5 aromatic heterocycles. The summed E-state index contributed by atoms with van der Waals surface area (Å²) in [6, 6.07) is 24.2. The van der Waals surface area contributed by atoms with Crippen LogP contribution < -0.4 is 0 Å². The van der Waals surface area contributed by atoms with Crippen molar-refractivity contribution in [2.24, 2.45) is 0 Å². The number of hydrogen-bond donors (Lipinski definition) is 2. The number of pyridine rings is 2. The summed E-state index contributed by atoms with van der Waals surface area (Å²) >= 11 is 0. The molecular formula is C30H20N6. The van der Waals surface area contributed by atoms with Crippen LogP contribution in [0.5, 0.6) is 0 Å². The van der Waals surface area contributed by atoms with Crippen molar-refractivity contribution in [3.8, 4) is 22.5 Å². The lowest BCUT2D eigenvalue weighted by atomic mass is 10.0. The van der Waals surface area contributed by atoms with Gasteiger partial charge in [0, 0.05) is 34.6 Å². The number of aromatic amines is 2. The molecule has 170 valence electrons. The molecule has 36 heavy (non-hydrogen) atoms. The smallest absolute Gasteiger partial charge is 0.0730 e. The fourth-order valence-electron chi connectivity index (χ4n) is 4.63. The van der Waals surface area contributed by atoms with E-state index in [2.05, 4.69) is 22.1 Å². The molecule has 0 atom stereocenters. The van der Waals surface area contributed by atoms with Crippen LogP contribution in [0.15, 0.2) is 85.2 Å². The lowest BCUT2D eigenvalue weighted by molar-refractivity contribution is 1.31. The molecule has 7 heterocycles. The van der Waals surface area contributed by atoms with Crippen molar-refractivity contribution in [3.05, 3.63) is 108 Å². The average molecular weight is 465 g/mol. The van der Waals surface area contributed by atoms with E-state index in [1.165, 1.54) is 0 Å². The molecule has 0 aliphatic carbocycles. The lowest BCUT2D eigenvalue weighted by Crippen LogP contribution is -1.87. The molecular weight excluding hydrogens is 444 g/mol. The first-order chi connectivity index (χ1) is 17.8. The Hall–Kier alpha value is -5.10. The molecule has 2 aliphatic heterocycles. The molecule has 0 radical (unpaired) electrons. The molecule has 0 unspecified atom stereocenters. The fraction of sp³-hybridized carbons (Fsp3) is 0. The zero-order valence-corrected chi connectivity index (χ0v) is 19.2. The van der Waals surface area contributed by atoms with Crippen molar-refractivity contribution in [1.82, 2.24) is 29.9 Å². The number of fused-ring (bicyclic) bond motifs is 8. The molecule has 6 heteroatoms. The number of nitrogens with zero attached hydrogens (tertiary/aromatic N) is 4. The van der Waals surface area contributed by atoms with Gasteiger partial charge in [-0.25, -0.2) is 9.97 Å². The van der Waals surface area contributed by atoms with Crippen LogP contribution in [0.2, 0.25) is 0 Å². The molecule has 5 aromatic rings. The fourth-order valence-corrected chi connectivity index (χ4v) is 4.63. The van der Waals surface area contributed by atoms with Crippen molar-refractivity contribution in [1.29, 1.82) is 0 Å². The van der Waals surface area contributed by atoms with Gasteiger partial charge in [0.1, 0.15) is 0 Å². The van der Waals surface area contributed by atoms with Gasteiger partial charge in [-0.3, -0.25) is 9.97 Å². The van der Waals surface area contributed by atoms with E-state index in [0.29, 0.717) is 0 Å². The summed E-state index contributed by atoms with van der Waals surface area (Å²) < 4.78 is 0. The largest absolute Gasteiger partial charge is 0.355 e. The topological polar surface area (TPSA) is 83.1 Å². The van der Waals surface area contributed by atoms with E-state index in [1.807, 2.05) is 97.4 Å². The summed E-state index contributed by atoms with van der Waals surface area (Å²) in [5, 5.41) is 0. The minimum Gasteiger partial charge on any atom is -0.355 e. The molecule has 0 saturated carbocycles. The number of nitrogens with one attached hydrogen (secondary N) is 2. The maximum Gasteiger partial charge on any atom is 0.0730 e. The highest BCUT2D eigenvalue weighted by molar-refractivity contribution is 6.01. The Morgan fingerprint density at radius 1 is 0.472 bits per heavy atom. The minimum absolute atomic E-state index is 0.859. The van der Waals surface area contributed by atoms with Crippen LogP contribution in [0.1, 0.15) is 22.8 Å². The SMILES string of the molecule is C1=Cc2cc3[nH]c(cc4nc(cc5ccc(cc1n2)[nH]5)C=C4)c(-c1ccccn1)c3-c1ccccn1. The predicted octanol–water partition coefficient (Wildman–Crippen LogP) is 6.78. The zero-order valence-electron chi connectivity index (χ0n) is 19.2. The summed E-state index contributed by atoms with van der Waals surface area (Å²) in [5.74, 6) is 0. The summed E-state index contributed by atoms with van der Waals surface area (Å²) in [5.41, 5.74) is 11.0. The number of rotatable bonds is 2. The van der Waals surface area contributed by atoms with Gasteiger partial charge in [-0.2, -0.15) is 0 Å². The Labute approximate surface area is 206 Å². The second-order valence-corrected chi connectivity index (χ2v) is 8.67. The normalized spacial score (nSPS) is 12.2. The second kappa shape index (κ2) is 8.29. The Morgan fingerprint density at radius 2 is 0.944 bits per heavy atom. The Balaban J connectivity index is 1.64. The molecule has 0 amide bonds. The maximum absolute atomic E-state index is 4.84. The van der Waals surface area contributed by atoms with Crippen molar-refractivity contribution < 1.29 is 0 Å². The van der Waals surface area contributed by atoms with E-state index >= 15 is 0 Å². The van der Waals surface area contributed by atoms with Gasteiger partial charge >= 0.3 is 0 Å². The van der Waals surface area contributed by atoms with Crippen LogP contribution in [-0.2, 0) is 0 Å². The molecule has 7 rings (SSSR count). The molecule has 8 bridgehead atoms. The summed E-state index contributed by atoms with van der Waals surface area (Å²) in [6.45, 7) is 0. The first-order valence-electron chi connectivity index (χ1n) is 11.7. The van der Waals surface area contributed by atoms with Crippen LogP contribution in [0, 0.1) is 0 Å². The quantitative estimate of drug-likeness (QED) is 0.295. The number of aromatic nitrogens is 6. The van der Waals surface area contributed by atoms with E-state index in [9.17, 15) is 0 Å². The molecule has 0 saturated heterocycles. The molecule has 0 fully saturated rings. The summed E-state index contributed by atoms with van der Waals surface area (Å²) in [6.07, 6.45) is 11.7. The van der Waals surface area contributed by atoms with E-state index < -0.39 is 0 Å². The van der Waals surface area contributed by atoms with Crippen molar-refractivity contribution in [2.45, 2.75) is 0 Å². The highest BCUT2D eigenvalue weighted by Crippen LogP contribution is 2.38. The Morgan fingerprint density at radius 3 is 1.39 bits per heavy atom. The van der Waals surface area contributed by atoms with Gasteiger partial charge in [-0.1, -0.05) is 12.1 Å². The Kier molecular flexibility index (Phi) is 4.67. The summed E-state index contributed by atoms with van der Waals surface area (Å²) in [4.78, 5) is 26.1. The van der Waals surface area contributed by atoms with Gasteiger partial charge in [0.25, 0.3) is 0 Å². The highest BCUT2D eigenvalue weighted by Gasteiger charge is 2.18. The van der Waals surface area contributed by atoms with Crippen LogP contribution in [0.4, 0.5) is 0 Å². The average Bonchev–Trinajstić information content (AvgIpc) is 3.70. The summed E-state index contributed by atoms with van der Waals surface area (Å²) in [7, 11) is 0. The van der Waals surface area contributed by atoms with E-state index in [4.69, 9.17) is 19.9 Å². The molecule has 2 aliphatic rings. The lowest BCUT2D eigenvalue weighted by Gasteiger charge is -2.04. The number of hydrogen-bond acceptors (Lipinski definition) is 4. The van der Waals surface area contributed by atoms with E-state index in [-0.39, 0.29) is 0 Å². The van der Waals surface area contributed by atoms with E-state index in [1.54, 1.807) is 0 Å². The third-order valence-corrected chi connectivity index (χ3v) is 6.19. The first-order valence-corrected chi connectivity index (χ1v) is 11.7. The van der Waals surface area contributed by atoms with Crippen molar-refractivity contribution in [2.75, 3.05) is 0 Å². The zero-order chi connectivity index (χ0) is 23.9. The van der Waals surface area contributed by atoms with Crippen molar-refractivity contribution >= 4 is 46.4 Å². The molecule has 6 nitrogen and oxygen atoms in total. The molecule has 0 spiro atoms. The third-order valence-electron chi connectivity index (χ3n) is 6.19. The molecule has 0 aromatic carbocycles. The van der Waals surface area contributed by atoms with Crippen molar-refractivity contribution in [3.63, 3.8) is 0 Å². The van der Waals surface area contributed by atoms with Gasteiger partial charge in [-0.15, -0.1) is 0 Å². The van der Waals surface area contributed by atoms with Gasteiger partial charge in [-0.05, 0) is 85.0 Å². The van der Waals surface area contributed by atoms with E-state index in [0.717, 1.165) is 67.4 Å². The second-order valence-electron chi connectivity index (χ2n) is 8.67. The third kappa shape index (κ3) is 3.71.